The Balaban J connectivity index is 2.10. The van der Waals surface area contributed by atoms with Crippen molar-refractivity contribution in [3.05, 3.63) is 16.1 Å². The lowest BCUT2D eigenvalue weighted by Crippen LogP contribution is -2.23. The summed E-state index contributed by atoms with van der Waals surface area (Å²) in [4.78, 5) is 5.85. The normalized spacial score (nSPS) is 19.1. The molecule has 1 aromatic heterocycles. The van der Waals surface area contributed by atoms with Crippen LogP contribution in [-0.4, -0.2) is 18.6 Å². The monoisotopic (exact) mass is 240 g/mol. The first-order valence-corrected chi connectivity index (χ1v) is 6.83. The highest BCUT2D eigenvalue weighted by atomic mass is 32.1. The summed E-state index contributed by atoms with van der Waals surface area (Å²) < 4.78 is 5.73. The van der Waals surface area contributed by atoms with Crippen LogP contribution < -0.4 is 5.32 Å². The molecule has 90 valence electrons. The molecular formula is C12H20N2OS. The molecule has 1 heterocycles. The molecule has 0 bridgehead atoms. The van der Waals surface area contributed by atoms with Crippen LogP contribution in [0.5, 0.6) is 0 Å². The summed E-state index contributed by atoms with van der Waals surface area (Å²) in [5, 5.41) is 4.50. The first-order chi connectivity index (χ1) is 7.80. The third-order valence-corrected chi connectivity index (χ3v) is 4.48. The molecule has 0 radical (unpaired) electrons. The summed E-state index contributed by atoms with van der Waals surface area (Å²) >= 11 is 1.79. The van der Waals surface area contributed by atoms with Crippen LogP contribution >= 0.6 is 11.3 Å². The molecule has 16 heavy (non-hydrogen) atoms. The minimum atomic E-state index is -0.0743. The minimum absolute atomic E-state index is 0.0743. The van der Waals surface area contributed by atoms with Gasteiger partial charge in [0.15, 0.2) is 0 Å². The van der Waals surface area contributed by atoms with Gasteiger partial charge >= 0.3 is 0 Å². The molecule has 1 aliphatic rings. The lowest BCUT2D eigenvalue weighted by atomic mass is 10.0. The Morgan fingerprint density at radius 2 is 2.25 bits per heavy atom. The second kappa shape index (κ2) is 5.25. The van der Waals surface area contributed by atoms with Crippen molar-refractivity contribution < 1.29 is 4.74 Å². The van der Waals surface area contributed by atoms with Gasteiger partial charge in [0.25, 0.3) is 0 Å². The standard InChI is InChI=1S/C12H20N2OS/c1-3-13-8-10-9-14-11(16-10)12(15-2)6-4-5-7-12/h9,13H,3-8H2,1-2H3. The van der Waals surface area contributed by atoms with Gasteiger partial charge in [-0.2, -0.15) is 0 Å². The zero-order valence-electron chi connectivity index (χ0n) is 10.1. The third kappa shape index (κ3) is 2.29. The fourth-order valence-electron chi connectivity index (χ4n) is 2.30. The van der Waals surface area contributed by atoms with E-state index in [1.807, 2.05) is 13.3 Å². The molecule has 0 aromatic carbocycles. The van der Waals surface area contributed by atoms with Crippen LogP contribution in [-0.2, 0) is 16.9 Å². The van der Waals surface area contributed by atoms with Gasteiger partial charge in [0, 0.05) is 24.7 Å². The van der Waals surface area contributed by atoms with E-state index in [0.29, 0.717) is 0 Å². The van der Waals surface area contributed by atoms with E-state index in [9.17, 15) is 0 Å². The van der Waals surface area contributed by atoms with Crippen molar-refractivity contribution in [2.45, 2.75) is 44.8 Å². The third-order valence-electron chi connectivity index (χ3n) is 3.29. The fraction of sp³-hybridized carbons (Fsp3) is 0.750. The molecule has 4 heteroatoms. The minimum Gasteiger partial charge on any atom is -0.371 e. The van der Waals surface area contributed by atoms with E-state index < -0.39 is 0 Å². The first kappa shape index (κ1) is 12.0. The maximum atomic E-state index is 5.73. The van der Waals surface area contributed by atoms with Gasteiger partial charge < -0.3 is 10.1 Å². The van der Waals surface area contributed by atoms with Crippen LogP contribution in [0.25, 0.3) is 0 Å². The van der Waals surface area contributed by atoms with Crippen LogP contribution in [0.4, 0.5) is 0 Å². The maximum Gasteiger partial charge on any atom is 0.125 e. The number of aromatic nitrogens is 1. The number of rotatable bonds is 5. The summed E-state index contributed by atoms with van der Waals surface area (Å²) in [5.41, 5.74) is -0.0743. The number of nitrogens with zero attached hydrogens (tertiary/aromatic N) is 1. The van der Waals surface area contributed by atoms with Crippen LogP contribution in [0.2, 0.25) is 0 Å². The Morgan fingerprint density at radius 1 is 1.50 bits per heavy atom. The molecular weight excluding hydrogens is 220 g/mol. The summed E-state index contributed by atoms with van der Waals surface area (Å²) in [7, 11) is 1.82. The molecule has 1 fully saturated rings. The molecule has 0 aliphatic heterocycles. The van der Waals surface area contributed by atoms with Crippen molar-refractivity contribution in [2.75, 3.05) is 13.7 Å². The number of nitrogens with one attached hydrogen (secondary N) is 1. The molecule has 0 saturated heterocycles. The van der Waals surface area contributed by atoms with E-state index in [1.54, 1.807) is 11.3 Å². The lowest BCUT2D eigenvalue weighted by molar-refractivity contribution is -0.00885. The van der Waals surface area contributed by atoms with Crippen molar-refractivity contribution in [1.29, 1.82) is 0 Å². The summed E-state index contributed by atoms with van der Waals surface area (Å²) in [6.07, 6.45) is 6.75. The van der Waals surface area contributed by atoms with Crippen LogP contribution in [0.3, 0.4) is 0 Å². The largest absolute Gasteiger partial charge is 0.371 e. The Hall–Kier alpha value is -0.450. The van der Waals surface area contributed by atoms with Gasteiger partial charge in [-0.3, -0.25) is 0 Å². The van der Waals surface area contributed by atoms with Crippen molar-refractivity contribution in [3.63, 3.8) is 0 Å². The van der Waals surface area contributed by atoms with Crippen LogP contribution in [0, 0.1) is 0 Å². The van der Waals surface area contributed by atoms with E-state index in [0.717, 1.165) is 25.9 Å². The highest BCUT2D eigenvalue weighted by Crippen LogP contribution is 2.43. The summed E-state index contributed by atoms with van der Waals surface area (Å²) in [6.45, 7) is 4.05. The Labute approximate surface area is 101 Å². The molecule has 0 spiro atoms. The van der Waals surface area contributed by atoms with E-state index >= 15 is 0 Å². The number of methoxy groups -OCH3 is 1. The first-order valence-electron chi connectivity index (χ1n) is 6.02. The zero-order valence-corrected chi connectivity index (χ0v) is 10.9. The zero-order chi connectivity index (χ0) is 11.4. The van der Waals surface area contributed by atoms with Crippen molar-refractivity contribution in [2.24, 2.45) is 0 Å². The molecule has 1 N–H and O–H groups in total. The van der Waals surface area contributed by atoms with Gasteiger partial charge in [-0.05, 0) is 19.4 Å². The summed E-state index contributed by atoms with van der Waals surface area (Å²) in [5.74, 6) is 0. The smallest absolute Gasteiger partial charge is 0.125 e. The Bertz CT molecular complexity index is 332. The highest BCUT2D eigenvalue weighted by molar-refractivity contribution is 7.11. The van der Waals surface area contributed by atoms with Crippen LogP contribution in [0.15, 0.2) is 6.20 Å². The van der Waals surface area contributed by atoms with Crippen molar-refractivity contribution in [3.8, 4) is 0 Å². The quantitative estimate of drug-likeness (QED) is 0.859. The van der Waals surface area contributed by atoms with E-state index in [-0.39, 0.29) is 5.60 Å². The topological polar surface area (TPSA) is 34.2 Å². The number of hydrogen-bond acceptors (Lipinski definition) is 4. The predicted molar refractivity (Wildman–Crippen MR) is 66.6 cm³/mol. The Kier molecular flexibility index (Phi) is 3.95. The molecule has 1 aliphatic carbocycles. The molecule has 0 unspecified atom stereocenters. The SMILES string of the molecule is CCNCc1cnc(C2(OC)CCCC2)s1. The van der Waals surface area contributed by atoms with Gasteiger partial charge in [-0.15, -0.1) is 11.3 Å². The number of thiazole rings is 1. The van der Waals surface area contributed by atoms with Crippen LogP contribution in [0.1, 0.15) is 42.5 Å². The van der Waals surface area contributed by atoms with E-state index in [4.69, 9.17) is 4.74 Å². The maximum absolute atomic E-state index is 5.73. The second-order valence-corrected chi connectivity index (χ2v) is 5.43. The molecule has 0 atom stereocenters. The number of ether oxygens (including phenoxy) is 1. The van der Waals surface area contributed by atoms with E-state index in [2.05, 4.69) is 17.2 Å². The van der Waals surface area contributed by atoms with Crippen molar-refractivity contribution >= 4 is 11.3 Å². The van der Waals surface area contributed by atoms with Gasteiger partial charge in [0.05, 0.1) is 0 Å². The highest BCUT2D eigenvalue weighted by Gasteiger charge is 2.38. The molecule has 3 nitrogen and oxygen atoms in total. The van der Waals surface area contributed by atoms with Crippen molar-refractivity contribution in [1.82, 2.24) is 10.3 Å². The number of hydrogen-bond donors (Lipinski definition) is 1. The predicted octanol–water partition coefficient (Wildman–Crippen LogP) is 2.67. The van der Waals surface area contributed by atoms with Gasteiger partial charge in [-0.25, -0.2) is 4.98 Å². The fourth-order valence-corrected chi connectivity index (χ4v) is 3.41. The average Bonchev–Trinajstić information content (AvgIpc) is 2.95. The Morgan fingerprint density at radius 3 is 2.88 bits per heavy atom. The van der Waals surface area contributed by atoms with Gasteiger partial charge in [0.1, 0.15) is 10.6 Å². The molecule has 1 saturated carbocycles. The second-order valence-electron chi connectivity index (χ2n) is 4.32. The van der Waals surface area contributed by atoms with E-state index in [1.165, 1.54) is 22.7 Å². The molecule has 2 rings (SSSR count). The summed E-state index contributed by atoms with van der Waals surface area (Å²) in [6, 6.07) is 0. The average molecular weight is 240 g/mol. The lowest BCUT2D eigenvalue weighted by Gasteiger charge is -2.24. The molecule has 0 amide bonds. The molecule has 1 aromatic rings. The van der Waals surface area contributed by atoms with Gasteiger partial charge in [0.2, 0.25) is 0 Å². The van der Waals surface area contributed by atoms with Gasteiger partial charge in [-0.1, -0.05) is 19.8 Å².